The first-order valence-electron chi connectivity index (χ1n) is 7.62. The average Bonchev–Trinajstić information content (AvgIpc) is 2.97. The molecule has 1 atom stereocenters. The van der Waals surface area contributed by atoms with Crippen molar-refractivity contribution < 1.29 is 0 Å². The number of thioether (sulfide) groups is 1. The van der Waals surface area contributed by atoms with Gasteiger partial charge in [0.2, 0.25) is 0 Å². The fourth-order valence-electron chi connectivity index (χ4n) is 3.22. The zero-order valence-electron chi connectivity index (χ0n) is 13.2. The highest BCUT2D eigenvalue weighted by molar-refractivity contribution is 7.98. The number of anilines is 1. The quantitative estimate of drug-likeness (QED) is 0.482. The van der Waals surface area contributed by atoms with Gasteiger partial charge < -0.3 is 10.6 Å². The second kappa shape index (κ2) is 7.18. The lowest BCUT2D eigenvalue weighted by Gasteiger charge is -2.27. The van der Waals surface area contributed by atoms with Crippen molar-refractivity contribution in [2.24, 2.45) is 5.73 Å². The van der Waals surface area contributed by atoms with Crippen LogP contribution in [0.3, 0.4) is 0 Å². The lowest BCUT2D eigenvalue weighted by atomic mass is 10.1. The molecule has 4 nitrogen and oxygen atoms in total. The molecule has 3 N–H and O–H groups in total. The van der Waals surface area contributed by atoms with Crippen molar-refractivity contribution in [3.05, 3.63) is 23.8 Å². The Labute approximate surface area is 132 Å². The lowest BCUT2D eigenvalue weighted by Crippen LogP contribution is -2.37. The summed E-state index contributed by atoms with van der Waals surface area (Å²) in [6, 6.07) is 6.82. The van der Waals surface area contributed by atoms with Crippen LogP contribution in [0.2, 0.25) is 0 Å². The Morgan fingerprint density at radius 2 is 2.14 bits per heavy atom. The summed E-state index contributed by atoms with van der Waals surface area (Å²) in [6.07, 6.45) is 3.22. The first-order valence-corrected chi connectivity index (χ1v) is 8.85. The predicted molar refractivity (Wildman–Crippen MR) is 92.8 cm³/mol. The second-order valence-electron chi connectivity index (χ2n) is 5.38. The number of nitrogen functional groups attached to an aromatic ring is 1. The molecule has 1 saturated heterocycles. The summed E-state index contributed by atoms with van der Waals surface area (Å²) < 4.78 is 0. The number of nitrogens with two attached hydrogens (primary N) is 1. The van der Waals surface area contributed by atoms with Crippen LogP contribution in [-0.4, -0.2) is 49.2 Å². The van der Waals surface area contributed by atoms with Crippen LogP contribution in [0.4, 0.5) is 5.69 Å². The molecule has 0 spiro atoms. The highest BCUT2D eigenvalue weighted by Crippen LogP contribution is 2.32. The largest absolute Gasteiger partial charge is 0.384 e. The van der Waals surface area contributed by atoms with Gasteiger partial charge in [-0.1, -0.05) is 19.9 Å². The molecule has 1 aromatic carbocycles. The smallest absolute Gasteiger partial charge is 0.126 e. The van der Waals surface area contributed by atoms with Crippen LogP contribution in [0.5, 0.6) is 0 Å². The summed E-state index contributed by atoms with van der Waals surface area (Å²) in [4.78, 5) is 6.00. The minimum Gasteiger partial charge on any atom is -0.384 e. The van der Waals surface area contributed by atoms with Gasteiger partial charge in [-0.3, -0.25) is 10.3 Å². The summed E-state index contributed by atoms with van der Waals surface area (Å²) in [5.41, 5.74) is 7.85. The van der Waals surface area contributed by atoms with Gasteiger partial charge in [0.25, 0.3) is 0 Å². The van der Waals surface area contributed by atoms with E-state index in [-0.39, 0.29) is 5.84 Å². The maximum atomic E-state index is 7.92. The van der Waals surface area contributed by atoms with E-state index in [1.807, 2.05) is 12.3 Å². The molecule has 5 heteroatoms. The topological polar surface area (TPSA) is 56.4 Å². The van der Waals surface area contributed by atoms with Gasteiger partial charge in [0.15, 0.2) is 0 Å². The molecule has 0 amide bonds. The van der Waals surface area contributed by atoms with E-state index in [0.29, 0.717) is 6.04 Å². The van der Waals surface area contributed by atoms with Gasteiger partial charge in [-0.15, -0.1) is 11.8 Å². The second-order valence-corrected chi connectivity index (χ2v) is 6.23. The van der Waals surface area contributed by atoms with E-state index in [9.17, 15) is 0 Å². The van der Waals surface area contributed by atoms with Crippen LogP contribution in [-0.2, 0) is 0 Å². The maximum absolute atomic E-state index is 7.92. The van der Waals surface area contributed by atoms with Gasteiger partial charge in [-0.2, -0.15) is 0 Å². The van der Waals surface area contributed by atoms with E-state index in [1.165, 1.54) is 6.42 Å². The maximum Gasteiger partial charge on any atom is 0.126 e. The monoisotopic (exact) mass is 306 g/mol. The van der Waals surface area contributed by atoms with Crippen molar-refractivity contribution in [3.8, 4) is 0 Å². The Balaban J connectivity index is 2.26. The molecule has 1 unspecified atom stereocenters. The van der Waals surface area contributed by atoms with Gasteiger partial charge in [-0.05, 0) is 37.9 Å². The average molecular weight is 306 g/mol. The third kappa shape index (κ3) is 3.35. The molecule has 0 radical (unpaired) electrons. The zero-order chi connectivity index (χ0) is 15.4. The molecular weight excluding hydrogens is 280 g/mol. The van der Waals surface area contributed by atoms with E-state index >= 15 is 0 Å². The molecule has 1 aliphatic rings. The number of likely N-dealkylation sites (N-methyl/N-ethyl adjacent to an activating group) is 1. The molecule has 0 aromatic heterocycles. The Bertz CT molecular complexity index is 499. The molecule has 0 aliphatic carbocycles. The van der Waals surface area contributed by atoms with E-state index < -0.39 is 0 Å². The number of nitrogens with zero attached hydrogens (tertiary/aromatic N) is 2. The Morgan fingerprint density at radius 1 is 1.43 bits per heavy atom. The van der Waals surface area contributed by atoms with Crippen molar-refractivity contribution in [2.75, 3.05) is 37.3 Å². The number of benzene rings is 1. The first-order chi connectivity index (χ1) is 10.1. The summed E-state index contributed by atoms with van der Waals surface area (Å²) in [6.45, 7) is 8.71. The minimum absolute atomic E-state index is 0.168. The summed E-state index contributed by atoms with van der Waals surface area (Å²) in [5.74, 6) is 0.168. The number of rotatable bonds is 6. The van der Waals surface area contributed by atoms with Crippen molar-refractivity contribution in [1.82, 2.24) is 4.90 Å². The fourth-order valence-corrected chi connectivity index (χ4v) is 3.86. The molecule has 1 aliphatic heterocycles. The fraction of sp³-hybridized carbons (Fsp3) is 0.562. The van der Waals surface area contributed by atoms with Crippen LogP contribution in [0.25, 0.3) is 0 Å². The number of nitrogens with one attached hydrogen (secondary N) is 1. The predicted octanol–water partition coefficient (Wildman–Crippen LogP) is 2.61. The summed E-state index contributed by atoms with van der Waals surface area (Å²) in [7, 11) is 0. The third-order valence-electron chi connectivity index (χ3n) is 4.33. The highest BCUT2D eigenvalue weighted by atomic mass is 32.2. The van der Waals surface area contributed by atoms with E-state index in [4.69, 9.17) is 11.1 Å². The van der Waals surface area contributed by atoms with E-state index in [1.54, 1.807) is 11.8 Å². The van der Waals surface area contributed by atoms with Gasteiger partial charge in [0.1, 0.15) is 5.84 Å². The van der Waals surface area contributed by atoms with E-state index in [2.05, 4.69) is 35.8 Å². The number of hydrogen-bond donors (Lipinski definition) is 2. The zero-order valence-corrected chi connectivity index (χ0v) is 14.0. The molecule has 1 fully saturated rings. The van der Waals surface area contributed by atoms with Crippen molar-refractivity contribution in [3.63, 3.8) is 0 Å². The summed E-state index contributed by atoms with van der Waals surface area (Å²) >= 11 is 1.65. The molecule has 1 aromatic rings. The Kier molecular flexibility index (Phi) is 5.53. The van der Waals surface area contributed by atoms with Crippen LogP contribution in [0, 0.1) is 5.41 Å². The molecule has 0 bridgehead atoms. The summed E-state index contributed by atoms with van der Waals surface area (Å²) in [5, 5.41) is 7.92. The van der Waals surface area contributed by atoms with Gasteiger partial charge in [-0.25, -0.2) is 0 Å². The van der Waals surface area contributed by atoms with E-state index in [0.717, 1.165) is 42.3 Å². The van der Waals surface area contributed by atoms with Crippen molar-refractivity contribution in [1.29, 1.82) is 5.41 Å². The van der Waals surface area contributed by atoms with Gasteiger partial charge >= 0.3 is 0 Å². The molecule has 21 heavy (non-hydrogen) atoms. The third-order valence-corrected chi connectivity index (χ3v) is 5.11. The van der Waals surface area contributed by atoms with Crippen LogP contribution in [0.1, 0.15) is 25.8 Å². The number of amidine groups is 1. The minimum atomic E-state index is 0.168. The standard InChI is InChI=1S/C16H26N4S/c1-4-19(5-2)12-9-10-20(11-12)13-7-6-8-14(21-3)15(13)16(17)18/h6-8,12H,4-5,9-11H2,1-3H3,(H3,17,18). The van der Waals surface area contributed by atoms with Crippen LogP contribution in [0.15, 0.2) is 23.1 Å². The lowest BCUT2D eigenvalue weighted by molar-refractivity contribution is 0.232. The number of hydrogen-bond acceptors (Lipinski definition) is 4. The molecule has 116 valence electrons. The Morgan fingerprint density at radius 3 is 2.71 bits per heavy atom. The van der Waals surface area contributed by atoms with Gasteiger partial charge in [0.05, 0.1) is 5.56 Å². The Hall–Kier alpha value is -1.20. The normalized spacial score (nSPS) is 18.5. The molecular formula is C16H26N4S. The van der Waals surface area contributed by atoms with Gasteiger partial charge in [0, 0.05) is 29.7 Å². The highest BCUT2D eigenvalue weighted by Gasteiger charge is 2.28. The van der Waals surface area contributed by atoms with Crippen LogP contribution < -0.4 is 10.6 Å². The van der Waals surface area contributed by atoms with Crippen LogP contribution >= 0.6 is 11.8 Å². The molecule has 1 heterocycles. The first kappa shape index (κ1) is 16.2. The SMILES string of the molecule is CCN(CC)C1CCN(c2cccc(SC)c2C(=N)N)C1. The van der Waals surface area contributed by atoms with Crippen molar-refractivity contribution >= 4 is 23.3 Å². The molecule has 2 rings (SSSR count). The molecule has 0 saturated carbocycles. The van der Waals surface area contributed by atoms with Crippen molar-refractivity contribution in [2.45, 2.75) is 31.2 Å².